The van der Waals surface area contributed by atoms with Crippen LogP contribution in [0.2, 0.25) is 10.0 Å². The summed E-state index contributed by atoms with van der Waals surface area (Å²) in [6, 6.07) is 15.6. The van der Waals surface area contributed by atoms with Gasteiger partial charge in [0, 0.05) is 22.3 Å². The van der Waals surface area contributed by atoms with Gasteiger partial charge in [-0.25, -0.2) is 0 Å². The first-order valence-electron chi connectivity index (χ1n) is 9.47. The third-order valence-electron chi connectivity index (χ3n) is 4.60. The summed E-state index contributed by atoms with van der Waals surface area (Å²) in [4.78, 5) is 38.4. The number of halogens is 2. The van der Waals surface area contributed by atoms with Gasteiger partial charge >= 0.3 is 0 Å². The minimum atomic E-state index is -0.558. The van der Waals surface area contributed by atoms with Gasteiger partial charge in [0.1, 0.15) is 18.1 Å². The highest BCUT2D eigenvalue weighted by Crippen LogP contribution is 2.35. The molecule has 1 N–H and O–H groups in total. The molecule has 0 radical (unpaired) electrons. The Hall–Kier alpha value is -3.00. The van der Waals surface area contributed by atoms with Crippen LogP contribution in [-0.4, -0.2) is 28.5 Å². The monoisotopic (exact) mass is 486 g/mol. The number of furan rings is 1. The summed E-state index contributed by atoms with van der Waals surface area (Å²) >= 11 is 13.0. The number of hydrogen-bond donors (Lipinski definition) is 1. The van der Waals surface area contributed by atoms with Crippen LogP contribution in [0.1, 0.15) is 11.3 Å². The number of nitrogens with zero attached hydrogens (tertiary/aromatic N) is 1. The first kappa shape index (κ1) is 22.2. The lowest BCUT2D eigenvalue weighted by Crippen LogP contribution is -2.36. The number of rotatable bonds is 5. The maximum absolute atomic E-state index is 12.7. The van der Waals surface area contributed by atoms with Crippen molar-refractivity contribution in [3.05, 3.63) is 80.9 Å². The van der Waals surface area contributed by atoms with Gasteiger partial charge in [-0.15, -0.1) is 0 Å². The number of nitrogens with one attached hydrogen (secondary N) is 1. The molecule has 32 heavy (non-hydrogen) atoms. The number of amides is 3. The summed E-state index contributed by atoms with van der Waals surface area (Å²) in [5.41, 5.74) is 2.25. The van der Waals surface area contributed by atoms with Crippen molar-refractivity contribution in [1.29, 1.82) is 0 Å². The van der Waals surface area contributed by atoms with Gasteiger partial charge in [0.15, 0.2) is 0 Å². The number of imide groups is 1. The van der Waals surface area contributed by atoms with Crippen molar-refractivity contribution in [3.8, 4) is 11.3 Å². The van der Waals surface area contributed by atoms with Crippen LogP contribution in [0, 0.1) is 6.92 Å². The standard InChI is InChI=1S/C23H16Cl2N2O4S/c1-13-2-5-15(6-3-13)26-21(28)12-27-22(29)20(32-23(27)30)11-16-7-9-19(31-16)17-10-14(24)4-8-18(17)25/h2-11H,12H2,1H3,(H,26,28)/b20-11-. The second-order valence-electron chi connectivity index (χ2n) is 7.01. The Labute approximate surface area is 198 Å². The number of benzene rings is 2. The van der Waals surface area contributed by atoms with Crippen molar-refractivity contribution < 1.29 is 18.8 Å². The second kappa shape index (κ2) is 9.24. The van der Waals surface area contributed by atoms with Crippen molar-refractivity contribution in [1.82, 2.24) is 4.90 Å². The number of carbonyl (C=O) groups is 3. The highest BCUT2D eigenvalue weighted by Gasteiger charge is 2.36. The average molecular weight is 487 g/mol. The fourth-order valence-corrected chi connectivity index (χ4v) is 4.21. The van der Waals surface area contributed by atoms with Crippen LogP contribution in [-0.2, 0) is 9.59 Å². The van der Waals surface area contributed by atoms with Crippen molar-refractivity contribution in [2.24, 2.45) is 0 Å². The summed E-state index contributed by atoms with van der Waals surface area (Å²) in [6.07, 6.45) is 1.46. The zero-order valence-corrected chi connectivity index (χ0v) is 19.1. The molecular formula is C23H16Cl2N2O4S. The van der Waals surface area contributed by atoms with Crippen LogP contribution in [0.5, 0.6) is 0 Å². The van der Waals surface area contributed by atoms with Crippen LogP contribution in [0.15, 0.2) is 63.9 Å². The SMILES string of the molecule is Cc1ccc(NC(=O)CN2C(=O)S/C(=C\c3ccc(-c4cc(Cl)ccc4Cl)o3)C2=O)cc1. The Bertz CT molecular complexity index is 1250. The molecule has 9 heteroatoms. The van der Waals surface area contributed by atoms with Crippen molar-refractivity contribution >= 4 is 63.8 Å². The lowest BCUT2D eigenvalue weighted by Gasteiger charge is -2.12. The van der Waals surface area contributed by atoms with E-state index in [9.17, 15) is 14.4 Å². The fourth-order valence-electron chi connectivity index (χ4n) is 3.01. The Balaban J connectivity index is 1.46. The molecule has 1 aliphatic heterocycles. The van der Waals surface area contributed by atoms with Crippen LogP contribution in [0.4, 0.5) is 10.5 Å². The van der Waals surface area contributed by atoms with E-state index in [0.29, 0.717) is 32.8 Å². The van der Waals surface area contributed by atoms with Gasteiger partial charge < -0.3 is 9.73 Å². The molecule has 162 valence electrons. The third-order valence-corrected chi connectivity index (χ3v) is 6.08. The van der Waals surface area contributed by atoms with E-state index in [2.05, 4.69) is 5.32 Å². The predicted octanol–water partition coefficient (Wildman–Crippen LogP) is 6.24. The molecule has 1 aliphatic rings. The van der Waals surface area contributed by atoms with Crippen LogP contribution in [0.3, 0.4) is 0 Å². The number of thioether (sulfide) groups is 1. The molecule has 3 aromatic rings. The zero-order chi connectivity index (χ0) is 22.8. The molecule has 1 fully saturated rings. The second-order valence-corrected chi connectivity index (χ2v) is 8.85. The van der Waals surface area contributed by atoms with Crippen LogP contribution in [0.25, 0.3) is 17.4 Å². The summed E-state index contributed by atoms with van der Waals surface area (Å²) in [5.74, 6) is -0.183. The smallest absolute Gasteiger partial charge is 0.294 e. The van der Waals surface area contributed by atoms with E-state index < -0.39 is 17.1 Å². The Morgan fingerprint density at radius 2 is 1.84 bits per heavy atom. The molecule has 0 unspecified atom stereocenters. The van der Waals surface area contributed by atoms with Crippen LogP contribution >= 0.6 is 35.0 Å². The van der Waals surface area contributed by atoms with E-state index in [1.54, 1.807) is 42.5 Å². The van der Waals surface area contributed by atoms with Gasteiger partial charge in [-0.2, -0.15) is 0 Å². The van der Waals surface area contributed by atoms with Gasteiger partial charge in [-0.1, -0.05) is 40.9 Å². The first-order valence-corrected chi connectivity index (χ1v) is 11.0. The molecule has 4 rings (SSSR count). The maximum Gasteiger partial charge on any atom is 0.294 e. The molecular weight excluding hydrogens is 471 g/mol. The zero-order valence-electron chi connectivity index (χ0n) is 16.7. The molecule has 2 heterocycles. The molecule has 6 nitrogen and oxygen atoms in total. The van der Waals surface area contributed by atoms with Crippen molar-refractivity contribution in [2.75, 3.05) is 11.9 Å². The lowest BCUT2D eigenvalue weighted by molar-refractivity contribution is -0.127. The Morgan fingerprint density at radius 1 is 1.09 bits per heavy atom. The number of carbonyl (C=O) groups excluding carboxylic acids is 3. The molecule has 0 atom stereocenters. The highest BCUT2D eigenvalue weighted by atomic mass is 35.5. The Kier molecular flexibility index (Phi) is 6.41. The van der Waals surface area contributed by atoms with E-state index in [1.807, 2.05) is 19.1 Å². The normalized spacial score (nSPS) is 15.0. The van der Waals surface area contributed by atoms with Gasteiger partial charge in [-0.3, -0.25) is 19.3 Å². The molecule has 0 spiro atoms. The maximum atomic E-state index is 12.7. The van der Waals surface area contributed by atoms with Gasteiger partial charge in [-0.05, 0) is 61.2 Å². The third kappa shape index (κ3) is 4.91. The molecule has 1 saturated heterocycles. The number of aryl methyl sites for hydroxylation is 1. The van der Waals surface area contributed by atoms with E-state index in [-0.39, 0.29) is 11.4 Å². The largest absolute Gasteiger partial charge is 0.457 e. The summed E-state index contributed by atoms with van der Waals surface area (Å²) in [6.45, 7) is 1.56. The van der Waals surface area contributed by atoms with Gasteiger partial charge in [0.05, 0.1) is 9.93 Å². The topological polar surface area (TPSA) is 79.6 Å². The Morgan fingerprint density at radius 3 is 2.59 bits per heavy atom. The predicted molar refractivity (Wildman–Crippen MR) is 127 cm³/mol. The van der Waals surface area contributed by atoms with E-state index in [4.69, 9.17) is 27.6 Å². The minimum absolute atomic E-state index is 0.163. The number of hydrogen-bond acceptors (Lipinski definition) is 5. The van der Waals surface area contributed by atoms with E-state index >= 15 is 0 Å². The minimum Gasteiger partial charge on any atom is -0.457 e. The molecule has 0 aliphatic carbocycles. The first-order chi connectivity index (χ1) is 15.3. The molecule has 0 saturated carbocycles. The average Bonchev–Trinajstić information content (AvgIpc) is 3.32. The van der Waals surface area contributed by atoms with Crippen molar-refractivity contribution in [3.63, 3.8) is 0 Å². The van der Waals surface area contributed by atoms with Gasteiger partial charge in [0.25, 0.3) is 11.1 Å². The molecule has 1 aromatic heterocycles. The van der Waals surface area contributed by atoms with E-state index in [1.165, 1.54) is 6.08 Å². The number of anilines is 1. The summed E-state index contributed by atoms with van der Waals surface area (Å²) in [5, 5.41) is 3.13. The van der Waals surface area contributed by atoms with E-state index in [0.717, 1.165) is 22.2 Å². The molecule has 3 amide bonds. The fraction of sp³-hybridized carbons (Fsp3) is 0.0870. The lowest BCUT2D eigenvalue weighted by atomic mass is 10.2. The molecule has 2 aromatic carbocycles. The quantitative estimate of drug-likeness (QED) is 0.431. The summed E-state index contributed by atoms with van der Waals surface area (Å²) in [7, 11) is 0. The van der Waals surface area contributed by atoms with Crippen molar-refractivity contribution in [2.45, 2.75) is 6.92 Å². The molecule has 0 bridgehead atoms. The van der Waals surface area contributed by atoms with Crippen LogP contribution < -0.4 is 5.32 Å². The summed E-state index contributed by atoms with van der Waals surface area (Å²) < 4.78 is 5.76. The van der Waals surface area contributed by atoms with Gasteiger partial charge in [0.2, 0.25) is 5.91 Å². The highest BCUT2D eigenvalue weighted by molar-refractivity contribution is 8.18.